The van der Waals surface area contributed by atoms with Gasteiger partial charge in [0, 0.05) is 0 Å². The number of rotatable bonds is 6. The lowest BCUT2D eigenvalue weighted by atomic mass is 10.2. The van der Waals surface area contributed by atoms with Crippen molar-refractivity contribution in [3.8, 4) is 5.75 Å². The second kappa shape index (κ2) is 7.06. The number of carboxylic acids is 1. The Morgan fingerprint density at radius 3 is 2.58 bits per heavy atom. The third-order valence-electron chi connectivity index (χ3n) is 2.98. The number of hydrogen-bond donors (Lipinski definition) is 2. The topological polar surface area (TPSA) is 92.7 Å². The molecule has 2 aromatic rings. The fraction of sp³-hybridized carbons (Fsp3) is 0.133. The highest BCUT2D eigenvalue weighted by Crippen LogP contribution is 2.25. The Morgan fingerprint density at radius 1 is 1.29 bits per heavy atom. The molecule has 0 atom stereocenters. The SMILES string of the molecule is Cc1cc(S(=O)(=O)Nc2ccc(F)c(Cl)c2)ccc1OCC(=O)O. The molecule has 2 aromatic carbocycles. The van der Waals surface area contributed by atoms with Crippen LogP contribution in [0.15, 0.2) is 41.3 Å². The Bertz CT molecular complexity index is 885. The Morgan fingerprint density at radius 2 is 2.00 bits per heavy atom. The normalized spacial score (nSPS) is 11.1. The van der Waals surface area contributed by atoms with Crippen LogP contribution in [0.25, 0.3) is 0 Å². The molecular formula is C15H13ClFNO5S. The van der Waals surface area contributed by atoms with E-state index in [1.165, 1.54) is 24.3 Å². The van der Waals surface area contributed by atoms with Crippen molar-refractivity contribution in [2.24, 2.45) is 0 Å². The van der Waals surface area contributed by atoms with Gasteiger partial charge in [-0.15, -0.1) is 0 Å². The molecule has 2 N–H and O–H groups in total. The van der Waals surface area contributed by atoms with Gasteiger partial charge in [0.15, 0.2) is 6.61 Å². The highest BCUT2D eigenvalue weighted by Gasteiger charge is 2.16. The zero-order valence-electron chi connectivity index (χ0n) is 12.4. The van der Waals surface area contributed by atoms with Gasteiger partial charge in [-0.2, -0.15) is 0 Å². The van der Waals surface area contributed by atoms with Crippen molar-refractivity contribution in [2.45, 2.75) is 11.8 Å². The zero-order chi connectivity index (χ0) is 17.9. The monoisotopic (exact) mass is 373 g/mol. The summed E-state index contributed by atoms with van der Waals surface area (Å²) in [6.07, 6.45) is 0. The highest BCUT2D eigenvalue weighted by atomic mass is 35.5. The quantitative estimate of drug-likeness (QED) is 0.811. The molecule has 0 aromatic heterocycles. The van der Waals surface area contributed by atoms with Gasteiger partial charge in [-0.1, -0.05) is 11.6 Å². The van der Waals surface area contributed by atoms with Crippen molar-refractivity contribution >= 4 is 33.3 Å². The lowest BCUT2D eigenvalue weighted by Gasteiger charge is -2.11. The van der Waals surface area contributed by atoms with E-state index >= 15 is 0 Å². The first-order chi connectivity index (χ1) is 11.2. The lowest BCUT2D eigenvalue weighted by Crippen LogP contribution is -2.14. The molecule has 2 rings (SSSR count). The van der Waals surface area contributed by atoms with Gasteiger partial charge >= 0.3 is 5.97 Å². The van der Waals surface area contributed by atoms with Gasteiger partial charge in [0.2, 0.25) is 0 Å². The van der Waals surface area contributed by atoms with Gasteiger partial charge in [-0.05, 0) is 48.9 Å². The molecule has 0 amide bonds. The molecule has 0 aliphatic carbocycles. The number of halogens is 2. The number of benzene rings is 2. The smallest absolute Gasteiger partial charge is 0.341 e. The van der Waals surface area contributed by atoms with Gasteiger partial charge in [0.05, 0.1) is 15.6 Å². The van der Waals surface area contributed by atoms with E-state index in [1.807, 2.05) is 0 Å². The van der Waals surface area contributed by atoms with Crippen LogP contribution < -0.4 is 9.46 Å². The second-order valence-electron chi connectivity index (χ2n) is 4.84. The number of hydrogen-bond acceptors (Lipinski definition) is 4. The molecule has 0 fully saturated rings. The minimum Gasteiger partial charge on any atom is -0.482 e. The number of sulfonamides is 1. The molecule has 0 saturated heterocycles. The molecule has 0 saturated carbocycles. The summed E-state index contributed by atoms with van der Waals surface area (Å²) < 4.78 is 45.1. The standard InChI is InChI=1S/C15H13ClFNO5S/c1-9-6-11(3-5-14(9)23-8-15(19)20)24(21,22)18-10-2-4-13(17)12(16)7-10/h2-7,18H,8H2,1H3,(H,19,20). The first-order valence-electron chi connectivity index (χ1n) is 6.62. The van der Waals surface area contributed by atoms with E-state index in [4.69, 9.17) is 21.4 Å². The fourth-order valence-corrected chi connectivity index (χ4v) is 3.18. The summed E-state index contributed by atoms with van der Waals surface area (Å²) in [5.41, 5.74) is 0.571. The summed E-state index contributed by atoms with van der Waals surface area (Å²) in [7, 11) is -3.92. The van der Waals surface area contributed by atoms with E-state index in [9.17, 15) is 17.6 Å². The van der Waals surface area contributed by atoms with Crippen molar-refractivity contribution in [1.82, 2.24) is 0 Å². The maximum absolute atomic E-state index is 13.1. The van der Waals surface area contributed by atoms with Crippen LogP contribution in [-0.4, -0.2) is 26.1 Å². The van der Waals surface area contributed by atoms with Gasteiger partial charge in [-0.3, -0.25) is 4.72 Å². The van der Waals surface area contributed by atoms with Crippen molar-refractivity contribution in [3.05, 3.63) is 52.8 Å². The average Bonchev–Trinajstić information content (AvgIpc) is 2.49. The van der Waals surface area contributed by atoms with Crippen molar-refractivity contribution < 1.29 is 27.4 Å². The number of aryl methyl sites for hydroxylation is 1. The van der Waals surface area contributed by atoms with E-state index in [0.717, 1.165) is 12.1 Å². The minimum absolute atomic E-state index is 0.0527. The van der Waals surface area contributed by atoms with Gasteiger partial charge < -0.3 is 9.84 Å². The maximum atomic E-state index is 13.1. The van der Waals surface area contributed by atoms with Gasteiger partial charge in [0.25, 0.3) is 10.0 Å². The number of carboxylic acid groups (broad SMARTS) is 1. The van der Waals surface area contributed by atoms with Crippen LogP contribution in [0.3, 0.4) is 0 Å². The number of carbonyl (C=O) groups is 1. The zero-order valence-corrected chi connectivity index (χ0v) is 14.0. The van der Waals surface area contributed by atoms with Crippen LogP contribution in [0.1, 0.15) is 5.56 Å². The minimum atomic E-state index is -3.92. The summed E-state index contributed by atoms with van der Waals surface area (Å²) in [4.78, 5) is 10.4. The molecule has 128 valence electrons. The van der Waals surface area contributed by atoms with E-state index in [0.29, 0.717) is 5.56 Å². The first kappa shape index (κ1) is 18.0. The number of anilines is 1. The fourth-order valence-electron chi connectivity index (χ4n) is 1.86. The van der Waals surface area contributed by atoms with Crippen LogP contribution in [0.2, 0.25) is 5.02 Å². The average molecular weight is 374 g/mol. The van der Waals surface area contributed by atoms with E-state index in [1.54, 1.807) is 6.92 Å². The highest BCUT2D eigenvalue weighted by molar-refractivity contribution is 7.92. The van der Waals surface area contributed by atoms with Crippen molar-refractivity contribution in [3.63, 3.8) is 0 Å². The molecule has 0 aliphatic heterocycles. The van der Waals surface area contributed by atoms with E-state index in [-0.39, 0.29) is 21.4 Å². The summed E-state index contributed by atoms with van der Waals surface area (Å²) in [5.74, 6) is -1.53. The van der Waals surface area contributed by atoms with Crippen LogP contribution in [0.4, 0.5) is 10.1 Å². The molecule has 6 nitrogen and oxygen atoms in total. The summed E-state index contributed by atoms with van der Waals surface area (Å²) in [5, 5.41) is 8.38. The van der Waals surface area contributed by atoms with E-state index in [2.05, 4.69) is 4.72 Å². The Balaban J connectivity index is 2.24. The van der Waals surface area contributed by atoms with Crippen molar-refractivity contribution in [2.75, 3.05) is 11.3 Å². The van der Waals surface area contributed by atoms with Crippen LogP contribution in [0.5, 0.6) is 5.75 Å². The Kier molecular flexibility index (Phi) is 5.30. The molecule has 0 bridgehead atoms. The summed E-state index contributed by atoms with van der Waals surface area (Å²) in [6.45, 7) is 1.06. The van der Waals surface area contributed by atoms with Crippen LogP contribution in [-0.2, 0) is 14.8 Å². The van der Waals surface area contributed by atoms with Crippen molar-refractivity contribution in [1.29, 1.82) is 0 Å². The Hall–Kier alpha value is -2.32. The number of nitrogens with one attached hydrogen (secondary N) is 1. The lowest BCUT2D eigenvalue weighted by molar-refractivity contribution is -0.139. The molecule has 0 spiro atoms. The summed E-state index contributed by atoms with van der Waals surface area (Å²) in [6, 6.07) is 7.43. The molecule has 0 unspecified atom stereocenters. The third kappa shape index (κ3) is 4.36. The van der Waals surface area contributed by atoms with Crippen LogP contribution >= 0.6 is 11.6 Å². The third-order valence-corrected chi connectivity index (χ3v) is 4.65. The number of ether oxygens (including phenoxy) is 1. The first-order valence-corrected chi connectivity index (χ1v) is 8.48. The largest absolute Gasteiger partial charge is 0.482 e. The molecule has 0 heterocycles. The molecule has 9 heteroatoms. The Labute approximate surface area is 142 Å². The predicted octanol–water partition coefficient (Wildman–Crippen LogP) is 3.05. The molecule has 0 radical (unpaired) electrons. The second-order valence-corrected chi connectivity index (χ2v) is 6.93. The van der Waals surface area contributed by atoms with E-state index < -0.39 is 28.4 Å². The molecule has 24 heavy (non-hydrogen) atoms. The van der Waals surface area contributed by atoms with Gasteiger partial charge in [-0.25, -0.2) is 17.6 Å². The predicted molar refractivity (Wildman–Crippen MR) is 86.5 cm³/mol. The number of aliphatic carboxylic acids is 1. The van der Waals surface area contributed by atoms with Gasteiger partial charge in [0.1, 0.15) is 11.6 Å². The maximum Gasteiger partial charge on any atom is 0.341 e. The molecule has 0 aliphatic rings. The molecular weight excluding hydrogens is 361 g/mol. The van der Waals surface area contributed by atoms with Crippen LogP contribution in [0, 0.1) is 12.7 Å². The summed E-state index contributed by atoms with van der Waals surface area (Å²) >= 11 is 5.62.